The summed E-state index contributed by atoms with van der Waals surface area (Å²) in [6.45, 7) is 2.87. The maximum atomic E-state index is 5.82. The van der Waals surface area contributed by atoms with Gasteiger partial charge in [-0.05, 0) is 48.7 Å². The number of para-hydroxylation sites is 1. The first-order chi connectivity index (χ1) is 9.83. The van der Waals surface area contributed by atoms with Crippen LogP contribution in [0.5, 0.6) is 5.75 Å². The van der Waals surface area contributed by atoms with Gasteiger partial charge in [-0.1, -0.05) is 18.2 Å². The summed E-state index contributed by atoms with van der Waals surface area (Å²) in [6.07, 6.45) is 2.12. The lowest BCUT2D eigenvalue weighted by atomic mass is 10.1. The molecule has 2 aromatic rings. The van der Waals surface area contributed by atoms with E-state index in [0.717, 1.165) is 44.0 Å². The maximum Gasteiger partial charge on any atom is 0.119 e. The molecule has 0 spiro atoms. The Balaban J connectivity index is 1.49. The van der Waals surface area contributed by atoms with Crippen molar-refractivity contribution in [2.45, 2.75) is 12.8 Å². The van der Waals surface area contributed by atoms with Crippen LogP contribution < -0.4 is 15.4 Å². The Hall–Kier alpha value is -2.16. The van der Waals surface area contributed by atoms with Crippen molar-refractivity contribution < 1.29 is 4.74 Å². The molecule has 2 aromatic carbocycles. The van der Waals surface area contributed by atoms with Gasteiger partial charge in [0.15, 0.2) is 0 Å². The zero-order valence-electron chi connectivity index (χ0n) is 11.6. The fourth-order valence-electron chi connectivity index (χ4n) is 2.68. The predicted molar refractivity (Wildman–Crippen MR) is 83.3 cm³/mol. The summed E-state index contributed by atoms with van der Waals surface area (Å²) in [4.78, 5) is 2.42. The van der Waals surface area contributed by atoms with E-state index in [1.807, 2.05) is 36.4 Å². The number of ether oxygens (including phenoxy) is 1. The molecule has 0 bridgehead atoms. The van der Waals surface area contributed by atoms with Crippen LogP contribution in [0.25, 0.3) is 0 Å². The molecule has 3 heteroatoms. The van der Waals surface area contributed by atoms with E-state index < -0.39 is 0 Å². The van der Waals surface area contributed by atoms with Gasteiger partial charge in [0.05, 0.1) is 6.61 Å². The van der Waals surface area contributed by atoms with Gasteiger partial charge in [0, 0.05) is 24.5 Å². The summed E-state index contributed by atoms with van der Waals surface area (Å²) in [5, 5.41) is 0. The average Bonchev–Trinajstić information content (AvgIpc) is 2.87. The van der Waals surface area contributed by atoms with E-state index in [2.05, 4.69) is 17.0 Å². The number of anilines is 2. The lowest BCUT2D eigenvalue weighted by Gasteiger charge is -2.19. The molecule has 0 atom stereocenters. The molecule has 0 saturated heterocycles. The summed E-state index contributed by atoms with van der Waals surface area (Å²) in [6, 6.07) is 16.2. The number of hydrogen-bond acceptors (Lipinski definition) is 3. The fourth-order valence-corrected chi connectivity index (χ4v) is 2.68. The molecule has 1 aliphatic rings. The van der Waals surface area contributed by atoms with Gasteiger partial charge in [-0.3, -0.25) is 0 Å². The van der Waals surface area contributed by atoms with Crippen LogP contribution in [-0.2, 0) is 6.42 Å². The second kappa shape index (κ2) is 5.87. The van der Waals surface area contributed by atoms with Crippen LogP contribution in [0.2, 0.25) is 0 Å². The summed E-state index contributed by atoms with van der Waals surface area (Å²) in [5.41, 5.74) is 9.38. The van der Waals surface area contributed by atoms with Crippen molar-refractivity contribution >= 4 is 11.4 Å². The van der Waals surface area contributed by atoms with Crippen molar-refractivity contribution in [3.8, 4) is 5.75 Å². The smallest absolute Gasteiger partial charge is 0.119 e. The van der Waals surface area contributed by atoms with Crippen LogP contribution in [0.4, 0.5) is 11.4 Å². The van der Waals surface area contributed by atoms with Crippen LogP contribution in [-0.4, -0.2) is 19.7 Å². The van der Waals surface area contributed by atoms with E-state index in [4.69, 9.17) is 10.5 Å². The highest BCUT2D eigenvalue weighted by Gasteiger charge is 2.18. The van der Waals surface area contributed by atoms with Gasteiger partial charge < -0.3 is 15.4 Å². The molecule has 0 aromatic heterocycles. The SMILES string of the molecule is Nc1ccc2c(c1)CCN2CCCOc1ccccc1. The third-order valence-corrected chi connectivity index (χ3v) is 3.68. The van der Waals surface area contributed by atoms with Crippen molar-refractivity contribution in [2.75, 3.05) is 30.3 Å². The molecule has 20 heavy (non-hydrogen) atoms. The van der Waals surface area contributed by atoms with Gasteiger partial charge in [-0.2, -0.15) is 0 Å². The van der Waals surface area contributed by atoms with E-state index in [1.54, 1.807) is 0 Å². The number of rotatable bonds is 5. The number of benzene rings is 2. The molecule has 3 rings (SSSR count). The normalized spacial score (nSPS) is 13.3. The van der Waals surface area contributed by atoms with Gasteiger partial charge in [-0.25, -0.2) is 0 Å². The maximum absolute atomic E-state index is 5.82. The van der Waals surface area contributed by atoms with Crippen LogP contribution in [0.3, 0.4) is 0 Å². The molecule has 0 aliphatic carbocycles. The van der Waals surface area contributed by atoms with E-state index in [1.165, 1.54) is 11.3 Å². The topological polar surface area (TPSA) is 38.5 Å². The largest absolute Gasteiger partial charge is 0.494 e. The van der Waals surface area contributed by atoms with Crippen molar-refractivity contribution in [1.29, 1.82) is 0 Å². The fraction of sp³-hybridized carbons (Fsp3) is 0.294. The van der Waals surface area contributed by atoms with Crippen molar-refractivity contribution in [1.82, 2.24) is 0 Å². The molecule has 0 unspecified atom stereocenters. The van der Waals surface area contributed by atoms with Gasteiger partial charge >= 0.3 is 0 Å². The second-order valence-corrected chi connectivity index (χ2v) is 5.14. The first-order valence-electron chi connectivity index (χ1n) is 7.14. The number of nitrogens with zero attached hydrogens (tertiary/aromatic N) is 1. The molecular weight excluding hydrogens is 248 g/mol. The van der Waals surface area contributed by atoms with E-state index >= 15 is 0 Å². The number of nitrogen functional groups attached to an aromatic ring is 1. The van der Waals surface area contributed by atoms with Crippen LogP contribution >= 0.6 is 0 Å². The predicted octanol–water partition coefficient (Wildman–Crippen LogP) is 3.10. The molecule has 0 fully saturated rings. The van der Waals surface area contributed by atoms with Crippen molar-refractivity contribution in [3.63, 3.8) is 0 Å². The Morgan fingerprint density at radius 3 is 2.80 bits per heavy atom. The standard InChI is InChI=1S/C17H20N2O/c18-15-7-8-17-14(13-15)9-11-19(17)10-4-12-20-16-5-2-1-3-6-16/h1-3,5-8,13H,4,9-12,18H2. The molecule has 0 amide bonds. The highest BCUT2D eigenvalue weighted by atomic mass is 16.5. The lowest BCUT2D eigenvalue weighted by Crippen LogP contribution is -2.23. The minimum atomic E-state index is 0.755. The second-order valence-electron chi connectivity index (χ2n) is 5.14. The summed E-state index contributed by atoms with van der Waals surface area (Å²) >= 11 is 0. The first-order valence-corrected chi connectivity index (χ1v) is 7.14. The highest BCUT2D eigenvalue weighted by Crippen LogP contribution is 2.29. The molecule has 104 valence electrons. The Morgan fingerprint density at radius 2 is 1.95 bits per heavy atom. The van der Waals surface area contributed by atoms with Gasteiger partial charge in [0.1, 0.15) is 5.75 Å². The number of nitrogens with two attached hydrogens (primary N) is 1. The average molecular weight is 268 g/mol. The Labute approximate surface area is 120 Å². The lowest BCUT2D eigenvalue weighted by molar-refractivity contribution is 0.312. The molecule has 1 heterocycles. The molecular formula is C17H20N2O. The molecule has 3 nitrogen and oxygen atoms in total. The Kier molecular flexibility index (Phi) is 3.77. The Morgan fingerprint density at radius 1 is 1.10 bits per heavy atom. The minimum Gasteiger partial charge on any atom is -0.494 e. The molecule has 0 saturated carbocycles. The number of hydrogen-bond donors (Lipinski definition) is 1. The summed E-state index contributed by atoms with van der Waals surface area (Å²) in [7, 11) is 0. The third kappa shape index (κ3) is 2.87. The first kappa shape index (κ1) is 12.9. The zero-order chi connectivity index (χ0) is 13.8. The Bertz CT molecular complexity index is 568. The van der Waals surface area contributed by atoms with Gasteiger partial charge in [0.2, 0.25) is 0 Å². The summed E-state index contributed by atoms with van der Waals surface area (Å²) in [5.74, 6) is 0.946. The number of fused-ring (bicyclic) bond motifs is 1. The summed E-state index contributed by atoms with van der Waals surface area (Å²) < 4.78 is 5.73. The van der Waals surface area contributed by atoms with Crippen molar-refractivity contribution in [2.24, 2.45) is 0 Å². The van der Waals surface area contributed by atoms with E-state index in [0.29, 0.717) is 0 Å². The van der Waals surface area contributed by atoms with E-state index in [-0.39, 0.29) is 0 Å². The molecule has 2 N–H and O–H groups in total. The van der Waals surface area contributed by atoms with Gasteiger partial charge in [0.25, 0.3) is 0 Å². The van der Waals surface area contributed by atoms with Crippen LogP contribution in [0, 0.1) is 0 Å². The molecule has 1 aliphatic heterocycles. The quantitative estimate of drug-likeness (QED) is 0.669. The third-order valence-electron chi connectivity index (χ3n) is 3.68. The monoisotopic (exact) mass is 268 g/mol. The zero-order valence-corrected chi connectivity index (χ0v) is 11.6. The van der Waals surface area contributed by atoms with Gasteiger partial charge in [-0.15, -0.1) is 0 Å². The van der Waals surface area contributed by atoms with Crippen molar-refractivity contribution in [3.05, 3.63) is 54.1 Å². The molecule has 0 radical (unpaired) electrons. The van der Waals surface area contributed by atoms with Crippen LogP contribution in [0.15, 0.2) is 48.5 Å². The minimum absolute atomic E-state index is 0.755. The van der Waals surface area contributed by atoms with E-state index in [9.17, 15) is 0 Å². The highest BCUT2D eigenvalue weighted by molar-refractivity contribution is 5.62. The van der Waals surface area contributed by atoms with Crippen LogP contribution in [0.1, 0.15) is 12.0 Å².